The lowest BCUT2D eigenvalue weighted by molar-refractivity contribution is -0.116. The first-order valence-electron chi connectivity index (χ1n) is 9.15. The number of hydrogen-bond acceptors (Lipinski definition) is 3. The molecule has 0 bridgehead atoms. The van der Waals surface area contributed by atoms with Gasteiger partial charge in [-0.1, -0.05) is 19.8 Å². The molecule has 0 saturated carbocycles. The average molecular weight is 328 g/mol. The van der Waals surface area contributed by atoms with Crippen molar-refractivity contribution in [2.24, 2.45) is 7.05 Å². The Morgan fingerprint density at radius 1 is 1.21 bits per heavy atom. The van der Waals surface area contributed by atoms with Crippen molar-refractivity contribution in [2.75, 3.05) is 18.4 Å². The van der Waals surface area contributed by atoms with E-state index in [0.29, 0.717) is 6.42 Å². The summed E-state index contributed by atoms with van der Waals surface area (Å²) in [6.45, 7) is 5.25. The Hall–Kier alpha value is -1.88. The second-order valence-electron chi connectivity index (χ2n) is 6.78. The highest BCUT2D eigenvalue weighted by atomic mass is 16.1. The van der Waals surface area contributed by atoms with Crippen LogP contribution in [0.5, 0.6) is 0 Å². The highest BCUT2D eigenvalue weighted by molar-refractivity contribution is 5.93. The first-order chi connectivity index (χ1) is 11.7. The van der Waals surface area contributed by atoms with Crippen LogP contribution in [0.1, 0.15) is 51.3 Å². The number of hydrogen-bond donors (Lipinski definition) is 1. The summed E-state index contributed by atoms with van der Waals surface area (Å²) in [5.41, 5.74) is 2.91. The van der Waals surface area contributed by atoms with E-state index in [1.165, 1.54) is 38.8 Å². The van der Waals surface area contributed by atoms with E-state index in [4.69, 9.17) is 4.98 Å². The number of carbonyl (C=O) groups excluding carboxylic acids is 1. The Labute approximate surface area is 144 Å². The molecule has 1 saturated heterocycles. The van der Waals surface area contributed by atoms with Gasteiger partial charge in [-0.2, -0.15) is 0 Å². The number of fused-ring (bicyclic) bond motifs is 1. The van der Waals surface area contributed by atoms with Gasteiger partial charge in [0.1, 0.15) is 5.82 Å². The minimum Gasteiger partial charge on any atom is -0.330 e. The first-order valence-corrected chi connectivity index (χ1v) is 9.15. The van der Waals surface area contributed by atoms with Crippen molar-refractivity contribution in [2.45, 2.75) is 52.0 Å². The van der Waals surface area contributed by atoms with E-state index in [2.05, 4.69) is 27.9 Å². The molecule has 130 valence electrons. The molecule has 0 radical (unpaired) electrons. The Kier molecular flexibility index (Phi) is 5.51. The number of benzene rings is 1. The lowest BCUT2D eigenvalue weighted by Gasteiger charge is -2.19. The average Bonchev–Trinajstić information content (AvgIpc) is 2.74. The van der Waals surface area contributed by atoms with Crippen molar-refractivity contribution >= 4 is 22.6 Å². The zero-order chi connectivity index (χ0) is 16.9. The zero-order valence-electron chi connectivity index (χ0n) is 14.8. The van der Waals surface area contributed by atoms with Crippen molar-refractivity contribution in [3.05, 3.63) is 24.0 Å². The summed E-state index contributed by atoms with van der Waals surface area (Å²) in [4.78, 5) is 19.1. The van der Waals surface area contributed by atoms with Gasteiger partial charge in [-0.25, -0.2) is 4.98 Å². The van der Waals surface area contributed by atoms with Gasteiger partial charge in [-0.15, -0.1) is 0 Å². The van der Waals surface area contributed by atoms with Crippen LogP contribution in [-0.2, 0) is 18.4 Å². The highest BCUT2D eigenvalue weighted by Crippen LogP contribution is 2.21. The molecule has 0 atom stereocenters. The third-order valence-corrected chi connectivity index (χ3v) is 4.80. The molecule has 2 aromatic rings. The van der Waals surface area contributed by atoms with E-state index in [1.54, 1.807) is 0 Å². The summed E-state index contributed by atoms with van der Waals surface area (Å²) >= 11 is 0. The Balaban J connectivity index is 1.77. The molecule has 24 heavy (non-hydrogen) atoms. The normalized spacial score (nSPS) is 16.2. The van der Waals surface area contributed by atoms with Gasteiger partial charge in [0, 0.05) is 19.2 Å². The summed E-state index contributed by atoms with van der Waals surface area (Å²) in [5.74, 6) is 1.17. The second-order valence-corrected chi connectivity index (χ2v) is 6.78. The van der Waals surface area contributed by atoms with E-state index < -0.39 is 0 Å². The number of aryl methyl sites for hydroxylation is 1. The number of imidazole rings is 1. The maximum atomic E-state index is 11.8. The molecule has 5 heteroatoms. The smallest absolute Gasteiger partial charge is 0.224 e. The van der Waals surface area contributed by atoms with Crippen LogP contribution in [0.25, 0.3) is 11.0 Å². The second kappa shape index (κ2) is 7.79. The van der Waals surface area contributed by atoms with Crippen molar-refractivity contribution < 1.29 is 4.79 Å². The number of aromatic nitrogens is 2. The fourth-order valence-electron chi connectivity index (χ4n) is 3.41. The van der Waals surface area contributed by atoms with Gasteiger partial charge in [0.2, 0.25) is 5.91 Å². The van der Waals surface area contributed by atoms with Gasteiger partial charge in [0.25, 0.3) is 0 Å². The zero-order valence-corrected chi connectivity index (χ0v) is 14.8. The van der Waals surface area contributed by atoms with Gasteiger partial charge < -0.3 is 9.88 Å². The van der Waals surface area contributed by atoms with Crippen LogP contribution in [-0.4, -0.2) is 33.4 Å². The molecule has 1 aromatic carbocycles. The lowest BCUT2D eigenvalue weighted by atomic mass is 10.2. The van der Waals surface area contributed by atoms with Gasteiger partial charge in [0.15, 0.2) is 0 Å². The van der Waals surface area contributed by atoms with Crippen molar-refractivity contribution in [1.29, 1.82) is 0 Å². The predicted molar refractivity (Wildman–Crippen MR) is 98.0 cm³/mol. The van der Waals surface area contributed by atoms with Crippen LogP contribution < -0.4 is 5.32 Å². The fourth-order valence-corrected chi connectivity index (χ4v) is 3.41. The molecular formula is C19H28N4O. The Morgan fingerprint density at radius 2 is 1.96 bits per heavy atom. The van der Waals surface area contributed by atoms with E-state index in [0.717, 1.165) is 35.5 Å². The molecule has 1 aromatic heterocycles. The number of rotatable bonds is 5. The SMILES string of the molecule is CCCC(=O)Nc1ccc2c(c1)nc(CN1CCCCCC1)n2C. The van der Waals surface area contributed by atoms with E-state index in [-0.39, 0.29) is 5.91 Å². The number of likely N-dealkylation sites (tertiary alicyclic amines) is 1. The van der Waals surface area contributed by atoms with Crippen molar-refractivity contribution in [3.8, 4) is 0 Å². The maximum absolute atomic E-state index is 11.8. The molecule has 3 rings (SSSR count). The number of nitrogens with zero attached hydrogens (tertiary/aromatic N) is 3. The summed E-state index contributed by atoms with van der Waals surface area (Å²) in [5, 5.41) is 2.95. The molecule has 0 unspecified atom stereocenters. The minimum absolute atomic E-state index is 0.0672. The largest absolute Gasteiger partial charge is 0.330 e. The molecule has 5 nitrogen and oxygen atoms in total. The lowest BCUT2D eigenvalue weighted by Crippen LogP contribution is -2.25. The van der Waals surface area contributed by atoms with Crippen LogP contribution in [0.3, 0.4) is 0 Å². The number of carbonyl (C=O) groups is 1. The van der Waals surface area contributed by atoms with Crippen LogP contribution in [0.15, 0.2) is 18.2 Å². The molecule has 0 aliphatic carbocycles. The summed E-state index contributed by atoms with van der Waals surface area (Å²) in [6.07, 6.45) is 6.69. The van der Waals surface area contributed by atoms with Crippen LogP contribution in [0.4, 0.5) is 5.69 Å². The van der Waals surface area contributed by atoms with Crippen molar-refractivity contribution in [1.82, 2.24) is 14.5 Å². The van der Waals surface area contributed by atoms with Crippen molar-refractivity contribution in [3.63, 3.8) is 0 Å². The quantitative estimate of drug-likeness (QED) is 0.911. The van der Waals surface area contributed by atoms with Crippen LogP contribution in [0.2, 0.25) is 0 Å². The monoisotopic (exact) mass is 328 g/mol. The Bertz CT molecular complexity index is 699. The summed E-state index contributed by atoms with van der Waals surface area (Å²) in [6, 6.07) is 6.00. The third kappa shape index (κ3) is 3.96. The van der Waals surface area contributed by atoms with E-state index in [1.807, 2.05) is 19.1 Å². The molecule has 1 N–H and O–H groups in total. The first kappa shape index (κ1) is 17.0. The molecular weight excluding hydrogens is 300 g/mol. The molecule has 1 aliphatic rings. The molecule has 0 spiro atoms. The van der Waals surface area contributed by atoms with Gasteiger partial charge >= 0.3 is 0 Å². The number of nitrogens with one attached hydrogen (secondary N) is 1. The van der Waals surface area contributed by atoms with E-state index in [9.17, 15) is 4.79 Å². The van der Waals surface area contributed by atoms with Gasteiger partial charge in [0.05, 0.1) is 17.6 Å². The summed E-state index contributed by atoms with van der Waals surface area (Å²) in [7, 11) is 2.08. The highest BCUT2D eigenvalue weighted by Gasteiger charge is 2.14. The predicted octanol–water partition coefficient (Wildman–Crippen LogP) is 3.69. The molecule has 2 heterocycles. The standard InChI is InChI=1S/C19H28N4O/c1-3-8-19(24)20-15-9-10-17-16(13-15)21-18(22(17)2)14-23-11-6-4-5-7-12-23/h9-10,13H,3-8,11-12,14H2,1-2H3,(H,20,24). The summed E-state index contributed by atoms with van der Waals surface area (Å²) < 4.78 is 2.18. The van der Waals surface area contributed by atoms with Crippen LogP contribution in [0, 0.1) is 0 Å². The number of amides is 1. The molecule has 1 fully saturated rings. The number of anilines is 1. The maximum Gasteiger partial charge on any atom is 0.224 e. The Morgan fingerprint density at radius 3 is 2.67 bits per heavy atom. The van der Waals surface area contributed by atoms with E-state index >= 15 is 0 Å². The fraction of sp³-hybridized carbons (Fsp3) is 0.579. The molecule has 1 aliphatic heterocycles. The molecule has 1 amide bonds. The minimum atomic E-state index is 0.0672. The van der Waals surface area contributed by atoms with Gasteiger partial charge in [-0.3, -0.25) is 9.69 Å². The topological polar surface area (TPSA) is 50.2 Å². The van der Waals surface area contributed by atoms with Crippen LogP contribution >= 0.6 is 0 Å². The third-order valence-electron chi connectivity index (χ3n) is 4.80. The van der Waals surface area contributed by atoms with Gasteiger partial charge in [-0.05, 0) is 50.6 Å².